The van der Waals surface area contributed by atoms with Crippen LogP contribution in [0, 0.1) is 29.3 Å². The highest BCUT2D eigenvalue weighted by atomic mass is 32.2. The predicted octanol–water partition coefficient (Wildman–Crippen LogP) is 1.15. The van der Waals surface area contributed by atoms with Gasteiger partial charge >= 0.3 is 0 Å². The molecule has 0 spiro atoms. The number of carbonyl (C=O) groups excluding carboxylic acids is 1. The topological polar surface area (TPSA) is 99.3 Å². The Labute approximate surface area is 163 Å². The monoisotopic (exact) mass is 427 g/mol. The molecule has 5 rings (SSSR count). The van der Waals surface area contributed by atoms with E-state index in [0.717, 1.165) is 6.07 Å². The average molecular weight is 427 g/mol. The summed E-state index contributed by atoms with van der Waals surface area (Å²) in [4.78, 5) is 13.3. The molecule has 0 aliphatic carbocycles. The molecule has 3 aliphatic heterocycles. The van der Waals surface area contributed by atoms with Crippen molar-refractivity contribution in [3.8, 4) is 0 Å². The third kappa shape index (κ3) is 2.54. The van der Waals surface area contributed by atoms with Gasteiger partial charge in [-0.2, -0.15) is 4.31 Å². The van der Waals surface area contributed by atoms with E-state index in [0.29, 0.717) is 32.0 Å². The van der Waals surface area contributed by atoms with E-state index in [1.54, 1.807) is 4.90 Å². The molecule has 3 saturated heterocycles. The molecular weight excluding hydrogens is 411 g/mol. The first-order valence-corrected chi connectivity index (χ1v) is 10.6. The Balaban J connectivity index is 1.43. The van der Waals surface area contributed by atoms with Gasteiger partial charge in [-0.25, -0.2) is 21.6 Å². The number of halogens is 3. The van der Waals surface area contributed by atoms with Gasteiger partial charge in [0.25, 0.3) is 5.91 Å². The van der Waals surface area contributed by atoms with Crippen LogP contribution in [-0.2, 0) is 10.0 Å². The smallest absolute Gasteiger partial charge is 0.273 e. The molecule has 0 radical (unpaired) electrons. The molecule has 0 unspecified atom stereocenters. The van der Waals surface area contributed by atoms with E-state index in [2.05, 4.69) is 15.4 Å². The zero-order valence-electron chi connectivity index (χ0n) is 14.9. The molecule has 29 heavy (non-hydrogen) atoms. The van der Waals surface area contributed by atoms with Gasteiger partial charge in [-0.05, 0) is 36.8 Å². The molecule has 12 heteroatoms. The molecule has 2 bridgehead atoms. The summed E-state index contributed by atoms with van der Waals surface area (Å²) in [5.74, 6) is -5.41. The number of hydrogen-bond donors (Lipinski definition) is 1. The van der Waals surface area contributed by atoms with Crippen molar-refractivity contribution in [3.05, 3.63) is 41.5 Å². The minimum atomic E-state index is -4.35. The Bertz CT molecular complexity index is 1070. The van der Waals surface area contributed by atoms with Crippen LogP contribution in [0.1, 0.15) is 23.3 Å². The number of hydrogen-bond acceptors (Lipinski definition) is 5. The molecule has 154 valence electrons. The SMILES string of the molecule is O=C(c1cnn[nH]1)N1C[C@@H]2[C@H](C1)[C@H]1CC[C@@H]2N1S(=O)(=O)c1ccc(F)c(F)c1F. The van der Waals surface area contributed by atoms with Gasteiger partial charge in [-0.15, -0.1) is 5.10 Å². The Morgan fingerprint density at radius 3 is 2.31 bits per heavy atom. The van der Waals surface area contributed by atoms with Crippen molar-refractivity contribution in [2.45, 2.75) is 29.8 Å². The molecule has 3 fully saturated rings. The van der Waals surface area contributed by atoms with E-state index in [4.69, 9.17) is 0 Å². The third-order valence-corrected chi connectivity index (χ3v) is 8.27. The molecule has 4 heterocycles. The second-order valence-electron chi connectivity index (χ2n) is 7.63. The zero-order chi connectivity index (χ0) is 20.5. The number of likely N-dealkylation sites (tertiary alicyclic amines) is 1. The van der Waals surface area contributed by atoms with Gasteiger partial charge in [-0.3, -0.25) is 9.89 Å². The van der Waals surface area contributed by atoms with Crippen LogP contribution in [0.3, 0.4) is 0 Å². The summed E-state index contributed by atoms with van der Waals surface area (Å²) in [5.41, 5.74) is 0.255. The van der Waals surface area contributed by atoms with Crippen LogP contribution in [0.4, 0.5) is 13.2 Å². The highest BCUT2D eigenvalue weighted by molar-refractivity contribution is 7.89. The number of sulfonamides is 1. The summed E-state index contributed by atoms with van der Waals surface area (Å²) in [5, 5.41) is 9.64. The van der Waals surface area contributed by atoms with Crippen LogP contribution in [0.5, 0.6) is 0 Å². The molecule has 0 saturated carbocycles. The molecular formula is C17H16F3N5O3S. The van der Waals surface area contributed by atoms with Crippen molar-refractivity contribution in [2.75, 3.05) is 13.1 Å². The number of fused-ring (bicyclic) bond motifs is 5. The standard InChI is InChI=1S/C17H16F3N5O3S/c18-10-1-4-14(16(20)15(10)19)29(27,28)25-12-2-3-13(25)9-7-24(6-8(9)12)17(26)11-5-21-23-22-11/h1,4-5,8-9,12-13H,2-3,6-7H2,(H,21,22,23)/t8-,9+,12+,13-. The van der Waals surface area contributed by atoms with Gasteiger partial charge < -0.3 is 4.90 Å². The van der Waals surface area contributed by atoms with E-state index in [9.17, 15) is 26.4 Å². The van der Waals surface area contributed by atoms with Crippen molar-refractivity contribution >= 4 is 15.9 Å². The lowest BCUT2D eigenvalue weighted by Gasteiger charge is -2.26. The van der Waals surface area contributed by atoms with Crippen LogP contribution < -0.4 is 0 Å². The number of carbonyl (C=O) groups is 1. The fourth-order valence-electron chi connectivity index (χ4n) is 5.13. The Morgan fingerprint density at radius 2 is 1.72 bits per heavy atom. The number of rotatable bonds is 3. The zero-order valence-corrected chi connectivity index (χ0v) is 15.7. The highest BCUT2D eigenvalue weighted by Crippen LogP contribution is 2.51. The maximum atomic E-state index is 14.2. The summed E-state index contributed by atoms with van der Waals surface area (Å²) in [6.45, 7) is 0.714. The molecule has 1 aromatic carbocycles. The largest absolute Gasteiger partial charge is 0.337 e. The quantitative estimate of drug-likeness (QED) is 0.741. The van der Waals surface area contributed by atoms with E-state index in [-0.39, 0.29) is 23.4 Å². The van der Waals surface area contributed by atoms with Gasteiger partial charge in [0, 0.05) is 25.2 Å². The molecule has 4 atom stereocenters. The Morgan fingerprint density at radius 1 is 1.07 bits per heavy atom. The van der Waals surface area contributed by atoms with Crippen molar-refractivity contribution in [2.24, 2.45) is 11.8 Å². The van der Waals surface area contributed by atoms with Crippen LogP contribution in [0.25, 0.3) is 0 Å². The predicted molar refractivity (Wildman–Crippen MR) is 91.4 cm³/mol. The second kappa shape index (κ2) is 6.26. The maximum absolute atomic E-state index is 14.2. The van der Waals surface area contributed by atoms with Gasteiger partial charge in [0.2, 0.25) is 10.0 Å². The van der Waals surface area contributed by atoms with Gasteiger partial charge in [0.05, 0.1) is 6.20 Å². The maximum Gasteiger partial charge on any atom is 0.273 e. The molecule has 3 aliphatic rings. The lowest BCUT2D eigenvalue weighted by molar-refractivity contribution is 0.0767. The van der Waals surface area contributed by atoms with Crippen LogP contribution in [0.2, 0.25) is 0 Å². The van der Waals surface area contributed by atoms with Crippen molar-refractivity contribution in [1.29, 1.82) is 0 Å². The van der Waals surface area contributed by atoms with Crippen molar-refractivity contribution in [3.63, 3.8) is 0 Å². The Kier molecular flexibility index (Phi) is 4.01. The number of nitrogens with one attached hydrogen (secondary N) is 1. The number of H-pyrrole nitrogens is 1. The fourth-order valence-corrected chi connectivity index (χ4v) is 7.15. The molecule has 2 aromatic rings. The first-order chi connectivity index (χ1) is 13.8. The summed E-state index contributed by atoms with van der Waals surface area (Å²) in [6.07, 6.45) is 2.47. The highest BCUT2D eigenvalue weighted by Gasteiger charge is 2.61. The normalized spacial score (nSPS) is 28.9. The molecule has 1 N–H and O–H groups in total. The number of amides is 1. The summed E-state index contributed by atoms with van der Waals surface area (Å²) < 4.78 is 68.6. The molecule has 8 nitrogen and oxygen atoms in total. The van der Waals surface area contributed by atoms with Gasteiger partial charge in [-0.1, -0.05) is 5.21 Å². The lowest BCUT2D eigenvalue weighted by Crippen LogP contribution is -2.41. The van der Waals surface area contributed by atoms with Crippen molar-refractivity contribution in [1.82, 2.24) is 24.6 Å². The van der Waals surface area contributed by atoms with E-state index in [1.807, 2.05) is 0 Å². The first kappa shape index (κ1) is 18.6. The number of aromatic nitrogens is 3. The van der Waals surface area contributed by atoms with Gasteiger partial charge in [0.1, 0.15) is 10.6 Å². The first-order valence-electron chi connectivity index (χ1n) is 9.13. The van der Waals surface area contributed by atoms with E-state index in [1.165, 1.54) is 10.5 Å². The van der Waals surface area contributed by atoms with Crippen LogP contribution in [0.15, 0.2) is 23.2 Å². The molecule has 1 amide bonds. The second-order valence-corrected chi connectivity index (χ2v) is 9.44. The van der Waals surface area contributed by atoms with Crippen molar-refractivity contribution < 1.29 is 26.4 Å². The fraction of sp³-hybridized carbons (Fsp3) is 0.471. The number of benzene rings is 1. The van der Waals surface area contributed by atoms with Gasteiger partial charge in [0.15, 0.2) is 17.5 Å². The number of nitrogens with zero attached hydrogens (tertiary/aromatic N) is 4. The summed E-state index contributed by atoms with van der Waals surface area (Å²) in [7, 11) is -4.35. The van der Waals surface area contributed by atoms with E-state index < -0.39 is 44.5 Å². The minimum absolute atomic E-state index is 0.100. The Hall–Kier alpha value is -2.47. The average Bonchev–Trinajstić information content (AvgIpc) is 3.46. The summed E-state index contributed by atoms with van der Waals surface area (Å²) >= 11 is 0. The lowest BCUT2D eigenvalue weighted by atomic mass is 9.82. The number of aromatic amines is 1. The van der Waals surface area contributed by atoms with E-state index >= 15 is 0 Å². The van der Waals surface area contributed by atoms with Crippen LogP contribution in [-0.4, -0.2) is 64.1 Å². The minimum Gasteiger partial charge on any atom is -0.337 e. The van der Waals surface area contributed by atoms with Crippen LogP contribution >= 0.6 is 0 Å². The molecule has 1 aromatic heterocycles. The third-order valence-electron chi connectivity index (χ3n) is 6.30. The summed E-state index contributed by atoms with van der Waals surface area (Å²) in [6, 6.07) is 0.543.